The Morgan fingerprint density at radius 3 is 0.766 bits per heavy atom. The second-order valence-electron chi connectivity index (χ2n) is 33.6. The van der Waals surface area contributed by atoms with Gasteiger partial charge in [-0.25, -0.2) is 0 Å². The summed E-state index contributed by atoms with van der Waals surface area (Å²) in [5.41, 5.74) is 30.8. The third kappa shape index (κ3) is 12.2. The van der Waals surface area contributed by atoms with Gasteiger partial charge in [0.1, 0.15) is 0 Å². The Labute approximate surface area is 759 Å². The smallest absolute Gasteiger partial charge is 0.0714 e. The van der Waals surface area contributed by atoms with E-state index in [1.54, 1.807) is 0 Å². The largest absolute Gasteiger partial charge is 0.310 e. The highest BCUT2D eigenvalue weighted by Gasteiger charge is 2.48. The molecule has 2 aliphatic carbocycles. The fraction of sp³-hybridized carbons (Fsp3) is 0.0164. The Hall–Kier alpha value is -15.1. The van der Waals surface area contributed by atoms with Crippen molar-refractivity contribution in [3.05, 3.63) is 518 Å². The van der Waals surface area contributed by atoms with Gasteiger partial charge < -0.3 is 9.80 Å². The number of hydrogen-bond acceptors (Lipinski definition) is 6. The van der Waals surface area contributed by atoms with Crippen LogP contribution in [0.1, 0.15) is 44.5 Å². The maximum atomic E-state index is 2.47. The van der Waals surface area contributed by atoms with Gasteiger partial charge in [0.05, 0.1) is 10.8 Å². The van der Waals surface area contributed by atoms with Gasteiger partial charge in [0.15, 0.2) is 0 Å². The van der Waals surface area contributed by atoms with Crippen molar-refractivity contribution < 1.29 is 0 Å². The van der Waals surface area contributed by atoms with Crippen LogP contribution in [0.3, 0.4) is 0 Å². The Morgan fingerprint density at radius 1 is 0.148 bits per heavy atom. The quantitative estimate of drug-likeness (QED) is 0.107. The van der Waals surface area contributed by atoms with E-state index in [0.29, 0.717) is 0 Å². The number of benzene rings is 20. The molecule has 0 N–H and O–H groups in total. The van der Waals surface area contributed by atoms with E-state index < -0.39 is 10.8 Å². The number of thiophene rings is 4. The molecule has 600 valence electrons. The minimum Gasteiger partial charge on any atom is -0.310 e. The zero-order valence-corrected chi connectivity index (χ0v) is 72.8. The van der Waals surface area contributed by atoms with Gasteiger partial charge in [-0.1, -0.05) is 352 Å². The van der Waals surface area contributed by atoms with Gasteiger partial charge in [0.2, 0.25) is 0 Å². The molecule has 0 aliphatic heterocycles. The molecule has 0 saturated heterocycles. The predicted octanol–water partition coefficient (Wildman–Crippen LogP) is 35.2. The molecular formula is C122H78N2S4. The second kappa shape index (κ2) is 30.9. The lowest BCUT2D eigenvalue weighted by molar-refractivity contribution is 0.768. The Bertz CT molecular complexity index is 8020. The third-order valence-electron chi connectivity index (χ3n) is 26.8. The molecule has 0 bridgehead atoms. The molecule has 6 heteroatoms. The normalized spacial score (nSPS) is 12.8. The molecule has 4 heterocycles. The first-order chi connectivity index (χ1) is 63.4. The van der Waals surface area contributed by atoms with Crippen molar-refractivity contribution in [3.8, 4) is 66.8 Å². The summed E-state index contributed by atoms with van der Waals surface area (Å²) in [5.74, 6) is 0. The predicted molar refractivity (Wildman–Crippen MR) is 550 cm³/mol. The average Bonchev–Trinajstić information content (AvgIpc) is 1.53. The molecule has 2 nitrogen and oxygen atoms in total. The minimum atomic E-state index is -0.504. The molecule has 0 atom stereocenters. The Balaban J connectivity index is 0.000000139. The van der Waals surface area contributed by atoms with Crippen LogP contribution in [0.25, 0.3) is 147 Å². The van der Waals surface area contributed by atoms with Crippen molar-refractivity contribution in [3.63, 3.8) is 0 Å². The van der Waals surface area contributed by atoms with Crippen LogP contribution < -0.4 is 9.80 Å². The van der Waals surface area contributed by atoms with E-state index in [1.165, 1.54) is 192 Å². The molecule has 0 fully saturated rings. The van der Waals surface area contributed by atoms with Crippen LogP contribution in [-0.2, 0) is 10.8 Å². The Morgan fingerprint density at radius 2 is 0.406 bits per heavy atom. The first-order valence-electron chi connectivity index (χ1n) is 43.8. The summed E-state index contributed by atoms with van der Waals surface area (Å²) in [5, 5.41) is 10.5. The van der Waals surface area contributed by atoms with Gasteiger partial charge in [-0.15, -0.1) is 45.3 Å². The molecule has 0 saturated carbocycles. The van der Waals surface area contributed by atoms with Crippen molar-refractivity contribution in [2.24, 2.45) is 0 Å². The lowest BCUT2D eigenvalue weighted by Crippen LogP contribution is -2.28. The molecule has 0 amide bonds. The van der Waals surface area contributed by atoms with Crippen molar-refractivity contribution in [2.45, 2.75) is 10.8 Å². The second-order valence-corrected chi connectivity index (χ2v) is 37.8. The van der Waals surface area contributed by atoms with Gasteiger partial charge in [0, 0.05) is 115 Å². The zero-order valence-electron chi connectivity index (χ0n) is 69.6. The molecule has 0 radical (unpaired) electrons. The monoisotopic (exact) mass is 1700 g/mol. The Kier molecular flexibility index (Phi) is 18.2. The average molecular weight is 1700 g/mol. The first-order valence-corrected chi connectivity index (χ1v) is 47.1. The van der Waals surface area contributed by atoms with Crippen molar-refractivity contribution >= 4 is 160 Å². The summed E-state index contributed by atoms with van der Waals surface area (Å²) in [6.07, 6.45) is 0. The van der Waals surface area contributed by atoms with Crippen LogP contribution in [0.15, 0.2) is 473 Å². The van der Waals surface area contributed by atoms with E-state index >= 15 is 0 Å². The maximum Gasteiger partial charge on any atom is 0.0714 e. The van der Waals surface area contributed by atoms with Crippen molar-refractivity contribution in [1.82, 2.24) is 0 Å². The molecular weight excluding hydrogens is 1620 g/mol. The molecule has 0 unspecified atom stereocenters. The molecule has 20 aromatic carbocycles. The van der Waals surface area contributed by atoms with E-state index in [-0.39, 0.29) is 0 Å². The maximum absolute atomic E-state index is 2.47. The molecule has 24 aromatic rings. The van der Waals surface area contributed by atoms with Crippen LogP contribution in [0.5, 0.6) is 0 Å². The van der Waals surface area contributed by atoms with Gasteiger partial charge in [0.25, 0.3) is 0 Å². The zero-order chi connectivity index (χ0) is 84.4. The van der Waals surface area contributed by atoms with Crippen molar-refractivity contribution in [1.29, 1.82) is 0 Å². The van der Waals surface area contributed by atoms with Gasteiger partial charge in [-0.2, -0.15) is 0 Å². The lowest BCUT2D eigenvalue weighted by atomic mass is 9.67. The molecule has 0 spiro atoms. The van der Waals surface area contributed by atoms with Crippen LogP contribution in [0.4, 0.5) is 34.1 Å². The molecule has 2 aliphatic rings. The topological polar surface area (TPSA) is 6.48 Å². The van der Waals surface area contributed by atoms with Gasteiger partial charge in [-0.05, 0) is 233 Å². The summed E-state index contributed by atoms with van der Waals surface area (Å²) >= 11 is 7.49. The number of hydrogen-bond donors (Lipinski definition) is 0. The van der Waals surface area contributed by atoms with Gasteiger partial charge in [-0.3, -0.25) is 0 Å². The summed E-state index contributed by atoms with van der Waals surface area (Å²) in [7, 11) is 0. The standard InChI is InChI=1S/2C61H39NS2/c1-3-15-42(16-4-1)61(43-17-5-2-6-18-43)55-26-10-7-19-49(55)50-38-37-46(39-56(50)61)62(44-33-29-40(30-34-44)47-22-13-24-53-51-20-8-11-27-57(51)63-59(47)53)45-35-31-41(32-36-45)48-23-14-25-54-52-21-9-12-28-58(52)64-60(48)54;1-3-13-44(14-4-1)61(45-15-5-2-6-16-45)55-20-10-7-17-49(55)50-34-33-48(39-56(50)61)62(46-29-23-40(24-30-46)42-27-35-59-53(37-42)51-18-8-11-21-57(51)63-59)47-31-25-41(26-32-47)43-28-36-60-54(38-43)52-19-9-12-22-58(52)64-60/h2*1-39H. The SMILES string of the molecule is c1ccc(C2(c3ccccc3)c3ccccc3-c3ccc(N(c4ccc(-c5ccc6sc7ccccc7c6c5)cc4)c4ccc(-c5ccc6sc7ccccc7c6c5)cc4)cc32)cc1.c1ccc(C2(c3ccccc3)c3ccccc3-c3ccc(N(c4ccc(-c5cccc6c5sc5ccccc56)cc4)c4ccc(-c5cccc6c5sc5ccccc56)cc4)cc32)cc1. The van der Waals surface area contributed by atoms with Gasteiger partial charge >= 0.3 is 0 Å². The lowest BCUT2D eigenvalue weighted by Gasteiger charge is -2.35. The third-order valence-corrected chi connectivity index (χ3v) is 31.5. The van der Waals surface area contributed by atoms with Crippen LogP contribution in [0.2, 0.25) is 0 Å². The molecule has 26 rings (SSSR count). The molecule has 128 heavy (non-hydrogen) atoms. The summed E-state index contributed by atoms with van der Waals surface area (Å²) in [6.45, 7) is 0. The van der Waals surface area contributed by atoms with E-state index in [9.17, 15) is 0 Å². The fourth-order valence-corrected chi connectivity index (χ4v) is 25.6. The highest BCUT2D eigenvalue weighted by molar-refractivity contribution is 7.27. The number of rotatable bonds is 14. The summed E-state index contributed by atoms with van der Waals surface area (Å²) in [4.78, 5) is 4.88. The molecule has 4 aromatic heterocycles. The highest BCUT2D eigenvalue weighted by Crippen LogP contribution is 2.60. The number of anilines is 6. The van der Waals surface area contributed by atoms with E-state index in [1.807, 2.05) is 45.3 Å². The summed E-state index contributed by atoms with van der Waals surface area (Å²) < 4.78 is 10.6. The fourth-order valence-electron chi connectivity index (χ4n) is 21.0. The van der Waals surface area contributed by atoms with E-state index in [4.69, 9.17) is 0 Å². The number of nitrogens with zero attached hydrogens (tertiary/aromatic N) is 2. The van der Waals surface area contributed by atoms with E-state index in [2.05, 4.69) is 483 Å². The van der Waals surface area contributed by atoms with Crippen LogP contribution >= 0.6 is 45.3 Å². The first kappa shape index (κ1) is 75.4. The highest BCUT2D eigenvalue weighted by atomic mass is 32.1. The van der Waals surface area contributed by atoms with Crippen LogP contribution in [0, 0.1) is 0 Å². The number of fused-ring (bicyclic) bond motifs is 18. The van der Waals surface area contributed by atoms with E-state index in [0.717, 1.165) is 34.1 Å². The summed E-state index contributed by atoms with van der Waals surface area (Å²) in [6, 6.07) is 176. The van der Waals surface area contributed by atoms with Crippen molar-refractivity contribution in [2.75, 3.05) is 9.80 Å². The van der Waals surface area contributed by atoms with Crippen LogP contribution in [-0.4, -0.2) is 0 Å². The minimum absolute atomic E-state index is 0.501.